The van der Waals surface area contributed by atoms with Gasteiger partial charge in [0.05, 0.1) is 0 Å². The van der Waals surface area contributed by atoms with Gasteiger partial charge in [0.2, 0.25) is 0 Å². The van der Waals surface area contributed by atoms with Gasteiger partial charge in [-0.15, -0.1) is 0 Å². The van der Waals surface area contributed by atoms with Gasteiger partial charge in [-0.1, -0.05) is 60.2 Å². The zero-order valence-electron chi connectivity index (χ0n) is 12.1. The highest BCUT2D eigenvalue weighted by Gasteiger charge is 2.14. The number of carbonyl (C=O) groups excluding carboxylic acids is 1. The lowest BCUT2D eigenvalue weighted by Crippen LogP contribution is -2.09. The Morgan fingerprint density at radius 2 is 1.50 bits per heavy atom. The van der Waals surface area contributed by atoms with Crippen LogP contribution in [0, 0.1) is 6.92 Å². The molecule has 2 heteroatoms. The summed E-state index contributed by atoms with van der Waals surface area (Å²) < 4.78 is 0. The van der Waals surface area contributed by atoms with E-state index in [9.17, 15) is 4.79 Å². The van der Waals surface area contributed by atoms with Crippen LogP contribution in [-0.4, -0.2) is 24.8 Å². The minimum atomic E-state index is 0.0446. The summed E-state index contributed by atoms with van der Waals surface area (Å²) in [6.45, 7) is 2.04. The van der Waals surface area contributed by atoms with Gasteiger partial charge in [0.25, 0.3) is 0 Å². The number of ketones is 1. The summed E-state index contributed by atoms with van der Waals surface area (Å²) in [5, 5.41) is 0. The van der Waals surface area contributed by atoms with Gasteiger partial charge in [-0.3, -0.25) is 4.79 Å². The summed E-state index contributed by atoms with van der Waals surface area (Å²) >= 11 is 0. The van der Waals surface area contributed by atoms with Crippen molar-refractivity contribution >= 4 is 11.4 Å². The fourth-order valence-corrected chi connectivity index (χ4v) is 2.00. The second-order valence-corrected chi connectivity index (χ2v) is 5.07. The predicted molar refractivity (Wildman–Crippen MR) is 83.6 cm³/mol. The van der Waals surface area contributed by atoms with Gasteiger partial charge >= 0.3 is 0 Å². The Morgan fingerprint density at radius 3 is 2.05 bits per heavy atom. The van der Waals surface area contributed by atoms with Crippen LogP contribution in [0.5, 0.6) is 0 Å². The molecular weight excluding hydrogens is 246 g/mol. The van der Waals surface area contributed by atoms with Crippen molar-refractivity contribution in [3.05, 3.63) is 77.5 Å². The molecule has 2 rings (SSSR count). The molecular formula is C18H19NO. The van der Waals surface area contributed by atoms with Gasteiger partial charge in [0.15, 0.2) is 5.78 Å². The fourth-order valence-electron chi connectivity index (χ4n) is 2.00. The van der Waals surface area contributed by atoms with E-state index < -0.39 is 0 Å². The van der Waals surface area contributed by atoms with Crippen molar-refractivity contribution in [1.82, 2.24) is 4.90 Å². The summed E-state index contributed by atoms with van der Waals surface area (Å²) in [6.07, 6.45) is 1.88. The maximum Gasteiger partial charge on any atom is 0.195 e. The van der Waals surface area contributed by atoms with E-state index in [0.29, 0.717) is 11.1 Å². The molecule has 0 aliphatic rings. The molecule has 0 spiro atoms. The quantitative estimate of drug-likeness (QED) is 0.619. The van der Waals surface area contributed by atoms with Crippen LogP contribution in [0.15, 0.2) is 60.8 Å². The van der Waals surface area contributed by atoms with Gasteiger partial charge in [0.1, 0.15) is 0 Å². The number of nitrogens with zero attached hydrogens (tertiary/aromatic N) is 1. The van der Waals surface area contributed by atoms with Crippen molar-refractivity contribution in [2.24, 2.45) is 0 Å². The summed E-state index contributed by atoms with van der Waals surface area (Å²) in [6, 6.07) is 17.4. The van der Waals surface area contributed by atoms with Crippen molar-refractivity contribution in [2.45, 2.75) is 6.92 Å². The molecule has 0 bridgehead atoms. The lowest BCUT2D eigenvalue weighted by atomic mass is 9.97. The summed E-state index contributed by atoms with van der Waals surface area (Å²) in [4.78, 5) is 14.6. The maximum atomic E-state index is 12.7. The number of benzene rings is 2. The molecule has 0 unspecified atom stereocenters. The van der Waals surface area contributed by atoms with Crippen molar-refractivity contribution in [3.8, 4) is 0 Å². The van der Waals surface area contributed by atoms with Crippen molar-refractivity contribution < 1.29 is 4.79 Å². The molecule has 0 atom stereocenters. The Kier molecular flexibility index (Phi) is 4.36. The Labute approximate surface area is 120 Å². The predicted octanol–water partition coefficient (Wildman–Crippen LogP) is 3.78. The first-order valence-corrected chi connectivity index (χ1v) is 6.63. The SMILES string of the molecule is Cc1ccc(C(=CN(C)C)C(=O)c2ccccc2)cc1. The molecule has 0 aliphatic heterocycles. The molecule has 2 nitrogen and oxygen atoms in total. The molecule has 0 saturated carbocycles. The standard InChI is InChI=1S/C18H19NO/c1-14-9-11-15(12-10-14)17(13-19(2)3)18(20)16-7-5-4-6-8-16/h4-13H,1-3H3. The second kappa shape index (κ2) is 6.20. The van der Waals surface area contributed by atoms with E-state index in [-0.39, 0.29) is 5.78 Å². The van der Waals surface area contributed by atoms with Crippen LogP contribution in [0.25, 0.3) is 5.57 Å². The Morgan fingerprint density at radius 1 is 0.900 bits per heavy atom. The highest BCUT2D eigenvalue weighted by molar-refractivity contribution is 6.28. The second-order valence-electron chi connectivity index (χ2n) is 5.07. The summed E-state index contributed by atoms with van der Waals surface area (Å²) in [5.41, 5.74) is 3.55. The van der Waals surface area contributed by atoms with Gasteiger partial charge in [-0.05, 0) is 12.5 Å². The van der Waals surface area contributed by atoms with Crippen molar-refractivity contribution in [3.63, 3.8) is 0 Å². The van der Waals surface area contributed by atoms with E-state index in [1.54, 1.807) is 0 Å². The number of allylic oxidation sites excluding steroid dienone is 1. The van der Waals surface area contributed by atoms with Crippen molar-refractivity contribution in [2.75, 3.05) is 14.1 Å². The van der Waals surface area contributed by atoms with Gasteiger partial charge in [0, 0.05) is 31.4 Å². The third-order valence-corrected chi connectivity index (χ3v) is 3.03. The van der Waals surface area contributed by atoms with Crippen LogP contribution >= 0.6 is 0 Å². The third kappa shape index (κ3) is 3.35. The zero-order valence-corrected chi connectivity index (χ0v) is 12.1. The first-order chi connectivity index (χ1) is 9.58. The van der Waals surface area contributed by atoms with Crippen LogP contribution in [0.4, 0.5) is 0 Å². The average molecular weight is 265 g/mol. The molecule has 0 aromatic heterocycles. The van der Waals surface area contributed by atoms with Crippen molar-refractivity contribution in [1.29, 1.82) is 0 Å². The molecule has 102 valence electrons. The van der Waals surface area contributed by atoms with E-state index in [0.717, 1.165) is 5.56 Å². The lowest BCUT2D eigenvalue weighted by Gasteiger charge is -2.12. The van der Waals surface area contributed by atoms with Crippen LogP contribution in [0.3, 0.4) is 0 Å². The van der Waals surface area contributed by atoms with E-state index in [2.05, 4.69) is 0 Å². The number of carbonyl (C=O) groups is 1. The number of rotatable bonds is 4. The van der Waals surface area contributed by atoms with E-state index in [1.807, 2.05) is 86.7 Å². The number of Topliss-reactive ketones (excluding diaryl/α,β-unsaturated/α-hetero) is 1. The minimum Gasteiger partial charge on any atom is -0.383 e. The van der Waals surface area contributed by atoms with Crippen LogP contribution in [-0.2, 0) is 0 Å². The molecule has 0 saturated heterocycles. The smallest absolute Gasteiger partial charge is 0.195 e. The first kappa shape index (κ1) is 14.1. The first-order valence-electron chi connectivity index (χ1n) is 6.63. The van der Waals surface area contributed by atoms with Gasteiger partial charge < -0.3 is 4.90 Å². The minimum absolute atomic E-state index is 0.0446. The number of hydrogen-bond acceptors (Lipinski definition) is 2. The lowest BCUT2D eigenvalue weighted by molar-refractivity contribution is 0.105. The molecule has 0 N–H and O–H groups in total. The van der Waals surface area contributed by atoms with E-state index in [1.165, 1.54) is 5.56 Å². The number of aryl methyl sites for hydroxylation is 1. The molecule has 20 heavy (non-hydrogen) atoms. The highest BCUT2D eigenvalue weighted by Crippen LogP contribution is 2.20. The van der Waals surface area contributed by atoms with E-state index >= 15 is 0 Å². The average Bonchev–Trinajstić information content (AvgIpc) is 2.46. The molecule has 0 aliphatic carbocycles. The normalized spacial score (nSPS) is 11.2. The fraction of sp³-hybridized carbons (Fsp3) is 0.167. The monoisotopic (exact) mass is 265 g/mol. The maximum absolute atomic E-state index is 12.7. The largest absolute Gasteiger partial charge is 0.383 e. The number of hydrogen-bond donors (Lipinski definition) is 0. The molecule has 0 fully saturated rings. The van der Waals surface area contributed by atoms with Gasteiger partial charge in [-0.25, -0.2) is 0 Å². The Bertz CT molecular complexity index is 610. The Hall–Kier alpha value is -2.35. The third-order valence-electron chi connectivity index (χ3n) is 3.03. The highest BCUT2D eigenvalue weighted by atomic mass is 16.1. The van der Waals surface area contributed by atoms with Crippen LogP contribution in [0.2, 0.25) is 0 Å². The molecule has 0 radical (unpaired) electrons. The summed E-state index contributed by atoms with van der Waals surface area (Å²) in [7, 11) is 3.85. The molecule has 2 aromatic carbocycles. The van der Waals surface area contributed by atoms with Crippen LogP contribution in [0.1, 0.15) is 21.5 Å². The molecule has 2 aromatic rings. The summed E-state index contributed by atoms with van der Waals surface area (Å²) in [5.74, 6) is 0.0446. The van der Waals surface area contributed by atoms with Crippen LogP contribution < -0.4 is 0 Å². The topological polar surface area (TPSA) is 20.3 Å². The zero-order chi connectivity index (χ0) is 14.5. The molecule has 0 heterocycles. The van der Waals surface area contributed by atoms with E-state index in [4.69, 9.17) is 0 Å². The Balaban J connectivity index is 2.44. The van der Waals surface area contributed by atoms with Gasteiger partial charge in [-0.2, -0.15) is 0 Å². The molecule has 0 amide bonds.